The van der Waals surface area contributed by atoms with Crippen molar-refractivity contribution in [2.75, 3.05) is 5.75 Å². The Morgan fingerprint density at radius 3 is 3.05 bits per heavy atom. The van der Waals surface area contributed by atoms with Crippen molar-refractivity contribution in [1.29, 1.82) is 0 Å². The average Bonchev–Trinajstić information content (AvgIpc) is 3.12. The van der Waals surface area contributed by atoms with E-state index < -0.39 is 5.54 Å². The Bertz CT molecular complexity index is 655. The molecule has 2 heterocycles. The van der Waals surface area contributed by atoms with Gasteiger partial charge in [0.15, 0.2) is 5.65 Å². The Morgan fingerprint density at radius 1 is 1.52 bits per heavy atom. The summed E-state index contributed by atoms with van der Waals surface area (Å²) >= 11 is 1.58. The monoisotopic (exact) mass is 306 g/mol. The summed E-state index contributed by atoms with van der Waals surface area (Å²) in [6, 6.07) is 0.436. The van der Waals surface area contributed by atoms with Gasteiger partial charge in [-0.25, -0.2) is 15.0 Å². The highest BCUT2D eigenvalue weighted by molar-refractivity contribution is 7.99. The number of rotatable bonds is 7. The molecule has 7 nitrogen and oxygen atoms in total. The normalized spacial score (nSPS) is 17.8. The van der Waals surface area contributed by atoms with Crippen LogP contribution >= 0.6 is 11.8 Å². The van der Waals surface area contributed by atoms with Crippen LogP contribution < -0.4 is 11.1 Å². The van der Waals surface area contributed by atoms with Crippen molar-refractivity contribution in [1.82, 2.24) is 25.3 Å². The van der Waals surface area contributed by atoms with E-state index in [2.05, 4.69) is 25.3 Å². The van der Waals surface area contributed by atoms with Gasteiger partial charge in [0, 0.05) is 11.8 Å². The molecule has 2 aromatic heterocycles. The number of hydrogen-bond donors (Lipinski definition) is 3. The van der Waals surface area contributed by atoms with Crippen LogP contribution in [0.1, 0.15) is 26.2 Å². The highest BCUT2D eigenvalue weighted by Gasteiger charge is 2.36. The molecule has 1 fully saturated rings. The lowest BCUT2D eigenvalue weighted by molar-refractivity contribution is -0.124. The second kappa shape index (κ2) is 5.61. The van der Waals surface area contributed by atoms with E-state index in [1.165, 1.54) is 6.33 Å². The standard InChI is InChI=1S/C13H18N6OS/c1-13(12(14)20,19-8-2-3-8)4-5-21-11-9-10(16-6-15-9)17-7-18-11/h6-8,19H,2-5H2,1H3,(H2,14,20)(H,15,16,17,18). The number of carbonyl (C=O) groups is 1. The first kappa shape index (κ1) is 14.3. The molecule has 1 amide bonds. The molecule has 8 heteroatoms. The zero-order valence-corrected chi connectivity index (χ0v) is 12.6. The predicted molar refractivity (Wildman–Crippen MR) is 80.8 cm³/mol. The smallest absolute Gasteiger partial charge is 0.237 e. The summed E-state index contributed by atoms with van der Waals surface area (Å²) in [4.78, 5) is 27.2. The third-order valence-corrected chi connectivity index (χ3v) is 4.66. The van der Waals surface area contributed by atoms with Crippen LogP contribution in [0.3, 0.4) is 0 Å². The molecule has 1 aliphatic carbocycles. The van der Waals surface area contributed by atoms with Gasteiger partial charge in [0.1, 0.15) is 16.9 Å². The Morgan fingerprint density at radius 2 is 2.33 bits per heavy atom. The number of H-pyrrole nitrogens is 1. The minimum Gasteiger partial charge on any atom is -0.368 e. The molecule has 0 aromatic carbocycles. The van der Waals surface area contributed by atoms with Gasteiger partial charge in [-0.05, 0) is 26.2 Å². The number of aromatic nitrogens is 4. The van der Waals surface area contributed by atoms with Gasteiger partial charge in [-0.3, -0.25) is 4.79 Å². The zero-order chi connectivity index (χ0) is 14.9. The second-order valence-corrected chi connectivity index (χ2v) is 6.58. The van der Waals surface area contributed by atoms with Crippen LogP contribution in [0.5, 0.6) is 0 Å². The van der Waals surface area contributed by atoms with E-state index in [4.69, 9.17) is 5.73 Å². The van der Waals surface area contributed by atoms with E-state index >= 15 is 0 Å². The number of carbonyl (C=O) groups excluding carboxylic acids is 1. The number of fused-ring (bicyclic) bond motifs is 1. The molecule has 0 aliphatic heterocycles. The summed E-state index contributed by atoms with van der Waals surface area (Å²) in [5.41, 5.74) is 6.38. The molecule has 0 spiro atoms. The maximum absolute atomic E-state index is 11.7. The summed E-state index contributed by atoms with van der Waals surface area (Å²) < 4.78 is 0. The number of hydrogen-bond acceptors (Lipinski definition) is 6. The third-order valence-electron chi connectivity index (χ3n) is 3.67. The van der Waals surface area contributed by atoms with Crippen LogP contribution in [0, 0.1) is 0 Å². The fourth-order valence-electron chi connectivity index (χ4n) is 2.15. The minimum atomic E-state index is -0.658. The molecule has 0 saturated heterocycles. The fourth-order valence-corrected chi connectivity index (χ4v) is 3.27. The predicted octanol–water partition coefficient (Wildman–Crippen LogP) is 0.831. The van der Waals surface area contributed by atoms with Gasteiger partial charge in [0.05, 0.1) is 11.9 Å². The van der Waals surface area contributed by atoms with Gasteiger partial charge in [0.2, 0.25) is 5.91 Å². The van der Waals surface area contributed by atoms with Gasteiger partial charge in [0.25, 0.3) is 0 Å². The lowest BCUT2D eigenvalue weighted by Gasteiger charge is -2.27. The SMILES string of the molecule is CC(CCSc1ncnc2nc[nH]c12)(NC1CC1)C(N)=O. The van der Waals surface area contributed by atoms with Gasteiger partial charge in [-0.15, -0.1) is 11.8 Å². The number of imidazole rings is 1. The molecule has 2 aromatic rings. The van der Waals surface area contributed by atoms with E-state index in [9.17, 15) is 4.79 Å². The molecule has 112 valence electrons. The van der Waals surface area contributed by atoms with E-state index in [0.717, 1.165) is 29.1 Å². The summed E-state index contributed by atoms with van der Waals surface area (Å²) in [6.07, 6.45) is 6.00. The third kappa shape index (κ3) is 3.16. The number of nitrogens with one attached hydrogen (secondary N) is 2. The molecule has 0 bridgehead atoms. The van der Waals surface area contributed by atoms with E-state index in [1.807, 2.05) is 6.92 Å². The van der Waals surface area contributed by atoms with Crippen LogP contribution in [0.15, 0.2) is 17.7 Å². The number of thioether (sulfide) groups is 1. The number of primary amides is 1. The van der Waals surface area contributed by atoms with Crippen LogP contribution in [-0.4, -0.2) is 43.2 Å². The molecular weight excluding hydrogens is 288 g/mol. The minimum absolute atomic E-state index is 0.302. The van der Waals surface area contributed by atoms with E-state index in [0.29, 0.717) is 18.1 Å². The van der Waals surface area contributed by atoms with Crippen molar-refractivity contribution in [3.05, 3.63) is 12.7 Å². The van der Waals surface area contributed by atoms with Crippen molar-refractivity contribution < 1.29 is 4.79 Å². The quantitative estimate of drug-likeness (QED) is 0.516. The van der Waals surface area contributed by atoms with E-state index in [1.54, 1.807) is 18.1 Å². The fraction of sp³-hybridized carbons (Fsp3) is 0.538. The Balaban J connectivity index is 1.64. The summed E-state index contributed by atoms with van der Waals surface area (Å²) in [5.74, 6) is 0.439. The summed E-state index contributed by atoms with van der Waals surface area (Å²) in [6.45, 7) is 1.87. The molecule has 0 radical (unpaired) electrons. The highest BCUT2D eigenvalue weighted by atomic mass is 32.2. The Kier molecular flexibility index (Phi) is 3.81. The highest BCUT2D eigenvalue weighted by Crippen LogP contribution is 2.27. The van der Waals surface area contributed by atoms with Gasteiger partial charge >= 0.3 is 0 Å². The molecule has 1 aliphatic rings. The molecule has 3 rings (SSSR count). The first-order valence-corrected chi connectivity index (χ1v) is 7.91. The van der Waals surface area contributed by atoms with Crippen molar-refractivity contribution in [2.45, 2.75) is 42.8 Å². The first-order valence-electron chi connectivity index (χ1n) is 6.93. The van der Waals surface area contributed by atoms with Gasteiger partial charge in [-0.1, -0.05) is 0 Å². The van der Waals surface area contributed by atoms with Crippen molar-refractivity contribution >= 4 is 28.8 Å². The maximum atomic E-state index is 11.7. The molecule has 1 unspecified atom stereocenters. The Hall–Kier alpha value is -1.67. The van der Waals surface area contributed by atoms with E-state index in [-0.39, 0.29) is 5.91 Å². The number of nitrogens with two attached hydrogens (primary N) is 1. The Labute approximate surface area is 126 Å². The lowest BCUT2D eigenvalue weighted by atomic mass is 9.98. The summed E-state index contributed by atoms with van der Waals surface area (Å²) in [7, 11) is 0. The molecular formula is C13H18N6OS. The van der Waals surface area contributed by atoms with Gasteiger partial charge < -0.3 is 16.0 Å². The first-order chi connectivity index (χ1) is 10.1. The zero-order valence-electron chi connectivity index (χ0n) is 11.8. The summed E-state index contributed by atoms with van der Waals surface area (Å²) in [5, 5.41) is 4.19. The second-order valence-electron chi connectivity index (χ2n) is 5.49. The molecule has 21 heavy (non-hydrogen) atoms. The van der Waals surface area contributed by atoms with Crippen LogP contribution in [-0.2, 0) is 4.79 Å². The number of aromatic amines is 1. The largest absolute Gasteiger partial charge is 0.368 e. The molecule has 1 saturated carbocycles. The van der Waals surface area contributed by atoms with Crippen molar-refractivity contribution in [3.8, 4) is 0 Å². The number of nitrogens with zero attached hydrogens (tertiary/aromatic N) is 3. The van der Waals surface area contributed by atoms with Crippen LogP contribution in [0.2, 0.25) is 0 Å². The number of amides is 1. The van der Waals surface area contributed by atoms with Crippen LogP contribution in [0.4, 0.5) is 0 Å². The molecule has 1 atom stereocenters. The maximum Gasteiger partial charge on any atom is 0.237 e. The lowest BCUT2D eigenvalue weighted by Crippen LogP contribution is -2.54. The molecule has 4 N–H and O–H groups in total. The van der Waals surface area contributed by atoms with Crippen molar-refractivity contribution in [2.24, 2.45) is 5.73 Å². The van der Waals surface area contributed by atoms with Crippen molar-refractivity contribution in [3.63, 3.8) is 0 Å². The van der Waals surface area contributed by atoms with Crippen LogP contribution in [0.25, 0.3) is 11.2 Å². The average molecular weight is 306 g/mol. The topological polar surface area (TPSA) is 110 Å². The van der Waals surface area contributed by atoms with Gasteiger partial charge in [-0.2, -0.15) is 0 Å².